The first-order chi connectivity index (χ1) is 12.1. The lowest BCUT2D eigenvalue weighted by atomic mass is 9.89. The SMILES string of the molecule is CC1CCc2c(sc3nc(SCC(=O)c4ccccc4)nc(N)c23)C1. The van der Waals surface area contributed by atoms with Crippen LogP contribution in [0.5, 0.6) is 0 Å². The fourth-order valence-corrected chi connectivity index (χ4v) is 5.45. The molecule has 2 heterocycles. The highest BCUT2D eigenvalue weighted by atomic mass is 32.2. The number of anilines is 1. The summed E-state index contributed by atoms with van der Waals surface area (Å²) in [4.78, 5) is 23.7. The molecule has 128 valence electrons. The van der Waals surface area contributed by atoms with Gasteiger partial charge >= 0.3 is 0 Å². The molecule has 4 rings (SSSR count). The van der Waals surface area contributed by atoms with Gasteiger partial charge in [-0.25, -0.2) is 9.97 Å². The van der Waals surface area contributed by atoms with Gasteiger partial charge in [0.25, 0.3) is 0 Å². The Morgan fingerprint density at radius 2 is 2.12 bits per heavy atom. The Labute approximate surface area is 154 Å². The molecule has 0 radical (unpaired) electrons. The molecule has 0 saturated heterocycles. The van der Waals surface area contributed by atoms with Gasteiger partial charge in [-0.2, -0.15) is 0 Å². The van der Waals surface area contributed by atoms with Crippen molar-refractivity contribution in [3.8, 4) is 0 Å². The van der Waals surface area contributed by atoms with Crippen LogP contribution in [0.15, 0.2) is 35.5 Å². The van der Waals surface area contributed by atoms with Crippen LogP contribution in [-0.4, -0.2) is 21.5 Å². The van der Waals surface area contributed by atoms with Crippen molar-refractivity contribution < 1.29 is 4.79 Å². The number of nitrogens with two attached hydrogens (primary N) is 1. The van der Waals surface area contributed by atoms with Crippen molar-refractivity contribution >= 4 is 44.9 Å². The molecule has 0 saturated carbocycles. The second-order valence-corrected chi connectivity index (χ2v) is 8.53. The number of aryl methyl sites for hydroxylation is 1. The van der Waals surface area contributed by atoms with Gasteiger partial charge in [-0.15, -0.1) is 11.3 Å². The first kappa shape index (κ1) is 16.5. The average Bonchev–Trinajstić information content (AvgIpc) is 2.98. The molecule has 6 heteroatoms. The number of benzene rings is 1. The minimum Gasteiger partial charge on any atom is -0.383 e. The van der Waals surface area contributed by atoms with E-state index in [0.717, 1.165) is 23.1 Å². The second kappa shape index (κ2) is 6.77. The Morgan fingerprint density at radius 1 is 1.32 bits per heavy atom. The molecule has 1 aliphatic rings. The van der Waals surface area contributed by atoms with Crippen LogP contribution in [0.25, 0.3) is 10.2 Å². The highest BCUT2D eigenvalue weighted by Gasteiger charge is 2.23. The van der Waals surface area contributed by atoms with E-state index in [-0.39, 0.29) is 5.78 Å². The fourth-order valence-electron chi connectivity index (χ4n) is 3.25. The van der Waals surface area contributed by atoms with Crippen molar-refractivity contribution in [2.24, 2.45) is 5.92 Å². The van der Waals surface area contributed by atoms with Crippen LogP contribution in [0.3, 0.4) is 0 Å². The number of hydrogen-bond donors (Lipinski definition) is 1. The van der Waals surface area contributed by atoms with Crippen LogP contribution in [0.1, 0.15) is 34.1 Å². The Bertz CT molecular complexity index is 937. The predicted octanol–water partition coefficient (Wildman–Crippen LogP) is 4.37. The summed E-state index contributed by atoms with van der Waals surface area (Å²) in [5.41, 5.74) is 8.29. The largest absolute Gasteiger partial charge is 0.383 e. The van der Waals surface area contributed by atoms with E-state index in [0.29, 0.717) is 28.2 Å². The Hall–Kier alpha value is -1.92. The van der Waals surface area contributed by atoms with Gasteiger partial charge < -0.3 is 5.73 Å². The van der Waals surface area contributed by atoms with Crippen LogP contribution >= 0.6 is 23.1 Å². The number of hydrogen-bond acceptors (Lipinski definition) is 6. The molecule has 0 amide bonds. The third-order valence-corrected chi connectivity index (χ3v) is 6.59. The topological polar surface area (TPSA) is 68.9 Å². The summed E-state index contributed by atoms with van der Waals surface area (Å²) in [5, 5.41) is 1.62. The number of thiophene rings is 1. The van der Waals surface area contributed by atoms with Crippen LogP contribution in [0, 0.1) is 5.92 Å². The van der Waals surface area contributed by atoms with Crippen molar-refractivity contribution in [1.82, 2.24) is 9.97 Å². The van der Waals surface area contributed by atoms with Crippen molar-refractivity contribution in [1.29, 1.82) is 0 Å². The number of nitrogens with zero attached hydrogens (tertiary/aromatic N) is 2. The second-order valence-electron chi connectivity index (χ2n) is 6.50. The summed E-state index contributed by atoms with van der Waals surface area (Å²) in [6.07, 6.45) is 3.36. The van der Waals surface area contributed by atoms with Crippen LogP contribution in [0.4, 0.5) is 5.82 Å². The normalized spacial score (nSPS) is 16.8. The number of thioether (sulfide) groups is 1. The Balaban J connectivity index is 1.58. The molecule has 0 spiro atoms. The third-order valence-electron chi connectivity index (χ3n) is 4.59. The predicted molar refractivity (Wildman–Crippen MR) is 105 cm³/mol. The molecule has 1 atom stereocenters. The van der Waals surface area contributed by atoms with Gasteiger partial charge in [-0.1, -0.05) is 49.0 Å². The minimum absolute atomic E-state index is 0.0761. The zero-order valence-electron chi connectivity index (χ0n) is 14.0. The minimum atomic E-state index is 0.0761. The number of Topliss-reactive ketones (excluding diaryl/α,β-unsaturated/α-hetero) is 1. The van der Waals surface area contributed by atoms with Crippen LogP contribution in [0.2, 0.25) is 0 Å². The molecule has 1 aliphatic carbocycles. The van der Waals surface area contributed by atoms with Gasteiger partial charge in [-0.05, 0) is 30.7 Å². The van der Waals surface area contributed by atoms with E-state index >= 15 is 0 Å². The van der Waals surface area contributed by atoms with Gasteiger partial charge in [0.15, 0.2) is 10.9 Å². The maximum atomic E-state index is 12.3. The number of rotatable bonds is 4. The van der Waals surface area contributed by atoms with Crippen molar-refractivity contribution in [2.75, 3.05) is 11.5 Å². The number of ketones is 1. The quantitative estimate of drug-likeness (QED) is 0.420. The van der Waals surface area contributed by atoms with E-state index in [4.69, 9.17) is 5.73 Å². The maximum Gasteiger partial charge on any atom is 0.191 e. The molecule has 1 aromatic carbocycles. The number of nitrogen functional groups attached to an aromatic ring is 1. The molecular formula is C19H19N3OS2. The molecule has 4 nitrogen and oxygen atoms in total. The van der Waals surface area contributed by atoms with Gasteiger partial charge in [0.05, 0.1) is 11.1 Å². The van der Waals surface area contributed by atoms with Crippen molar-refractivity contribution in [2.45, 2.75) is 31.3 Å². The maximum absolute atomic E-state index is 12.3. The zero-order chi connectivity index (χ0) is 17.4. The molecule has 0 aliphatic heterocycles. The smallest absolute Gasteiger partial charge is 0.191 e. The monoisotopic (exact) mass is 369 g/mol. The van der Waals surface area contributed by atoms with Crippen LogP contribution < -0.4 is 5.73 Å². The van der Waals surface area contributed by atoms with E-state index in [1.54, 1.807) is 11.3 Å². The Kier molecular flexibility index (Phi) is 4.48. The van der Waals surface area contributed by atoms with E-state index in [1.165, 1.54) is 28.6 Å². The molecule has 2 aromatic heterocycles. The van der Waals surface area contributed by atoms with Gasteiger partial charge in [0.2, 0.25) is 0 Å². The molecule has 2 N–H and O–H groups in total. The van der Waals surface area contributed by atoms with Gasteiger partial charge in [-0.3, -0.25) is 4.79 Å². The lowest BCUT2D eigenvalue weighted by Crippen LogP contribution is -2.09. The van der Waals surface area contributed by atoms with E-state index in [2.05, 4.69) is 16.9 Å². The summed E-state index contributed by atoms with van der Waals surface area (Å²) in [6, 6.07) is 9.30. The van der Waals surface area contributed by atoms with E-state index < -0.39 is 0 Å². The van der Waals surface area contributed by atoms with Gasteiger partial charge in [0, 0.05) is 10.4 Å². The molecular weight excluding hydrogens is 350 g/mol. The number of aromatic nitrogens is 2. The highest BCUT2D eigenvalue weighted by molar-refractivity contribution is 7.99. The molecule has 0 bridgehead atoms. The zero-order valence-corrected chi connectivity index (χ0v) is 15.6. The first-order valence-electron chi connectivity index (χ1n) is 8.40. The lowest BCUT2D eigenvalue weighted by Gasteiger charge is -2.17. The first-order valence-corrected chi connectivity index (χ1v) is 10.2. The van der Waals surface area contributed by atoms with Crippen LogP contribution in [-0.2, 0) is 12.8 Å². The molecule has 1 unspecified atom stereocenters. The Morgan fingerprint density at radius 3 is 2.92 bits per heavy atom. The summed E-state index contributed by atoms with van der Waals surface area (Å²) >= 11 is 3.09. The van der Waals surface area contributed by atoms with E-state index in [1.807, 2.05) is 30.3 Å². The number of carbonyl (C=O) groups excluding carboxylic acids is 1. The standard InChI is InChI=1S/C19H19N3OS2/c1-11-7-8-13-15(9-11)25-18-16(13)17(20)21-19(22-18)24-10-14(23)12-5-3-2-4-6-12/h2-6,11H,7-10H2,1H3,(H2,20,21,22). The van der Waals surface area contributed by atoms with Gasteiger partial charge in [0.1, 0.15) is 10.6 Å². The summed E-state index contributed by atoms with van der Waals surface area (Å²) < 4.78 is 0. The number of carbonyl (C=O) groups is 1. The van der Waals surface area contributed by atoms with Crippen molar-refractivity contribution in [3.05, 3.63) is 46.3 Å². The molecule has 0 fully saturated rings. The summed E-state index contributed by atoms with van der Waals surface area (Å²) in [6.45, 7) is 2.29. The highest BCUT2D eigenvalue weighted by Crippen LogP contribution is 2.39. The summed E-state index contributed by atoms with van der Waals surface area (Å²) in [5.74, 6) is 1.66. The third kappa shape index (κ3) is 3.28. The summed E-state index contributed by atoms with van der Waals surface area (Å²) in [7, 11) is 0. The van der Waals surface area contributed by atoms with Crippen molar-refractivity contribution in [3.63, 3.8) is 0 Å². The fraction of sp³-hybridized carbons (Fsp3) is 0.316. The number of fused-ring (bicyclic) bond motifs is 3. The van der Waals surface area contributed by atoms with E-state index in [9.17, 15) is 4.79 Å². The molecule has 25 heavy (non-hydrogen) atoms. The average molecular weight is 370 g/mol. The lowest BCUT2D eigenvalue weighted by molar-refractivity contribution is 0.102. The molecule has 3 aromatic rings.